The van der Waals surface area contributed by atoms with E-state index >= 15 is 0 Å². The molecule has 7 heteroatoms. The Kier molecular flexibility index (Phi) is 5.39. The predicted molar refractivity (Wildman–Crippen MR) is 104 cm³/mol. The van der Waals surface area contributed by atoms with Gasteiger partial charge in [-0.25, -0.2) is 4.79 Å². The molecule has 1 saturated heterocycles. The number of nitrogens with one attached hydrogen (secondary N) is 1. The predicted octanol–water partition coefficient (Wildman–Crippen LogP) is 3.28. The van der Waals surface area contributed by atoms with Crippen molar-refractivity contribution in [3.8, 4) is 0 Å². The van der Waals surface area contributed by atoms with Crippen molar-refractivity contribution < 1.29 is 14.3 Å². The first-order chi connectivity index (χ1) is 12.7. The lowest BCUT2D eigenvalue weighted by molar-refractivity contribution is 0.0244. The summed E-state index contributed by atoms with van der Waals surface area (Å²) >= 11 is 0. The van der Waals surface area contributed by atoms with Crippen molar-refractivity contribution in [1.82, 2.24) is 20.0 Å². The number of benzene rings is 1. The monoisotopic (exact) mass is 372 g/mol. The molecule has 1 fully saturated rings. The highest BCUT2D eigenvalue weighted by Gasteiger charge is 2.28. The van der Waals surface area contributed by atoms with Crippen LogP contribution in [0.4, 0.5) is 4.79 Å². The number of H-pyrrole nitrogens is 1. The van der Waals surface area contributed by atoms with Crippen molar-refractivity contribution in [3.63, 3.8) is 0 Å². The van der Waals surface area contributed by atoms with Crippen LogP contribution in [0.2, 0.25) is 0 Å². The average Bonchev–Trinajstić information content (AvgIpc) is 3.08. The van der Waals surface area contributed by atoms with Gasteiger partial charge in [0.25, 0.3) is 5.91 Å². The molecular weight excluding hydrogens is 344 g/mol. The molecule has 146 valence electrons. The fourth-order valence-electron chi connectivity index (χ4n) is 3.52. The highest BCUT2D eigenvalue weighted by atomic mass is 16.6. The number of piperidine rings is 1. The Morgan fingerprint density at radius 3 is 2.89 bits per heavy atom. The van der Waals surface area contributed by atoms with E-state index in [0.717, 1.165) is 30.3 Å². The molecule has 0 saturated carbocycles. The van der Waals surface area contributed by atoms with Crippen molar-refractivity contribution in [3.05, 3.63) is 30.0 Å². The lowest BCUT2D eigenvalue weighted by Crippen LogP contribution is -2.45. The van der Waals surface area contributed by atoms with Crippen LogP contribution in [0.1, 0.15) is 44.0 Å². The van der Waals surface area contributed by atoms with Crippen LogP contribution in [0.25, 0.3) is 10.9 Å². The molecule has 3 rings (SSSR count). The number of fused-ring (bicyclic) bond motifs is 1. The first-order valence-corrected chi connectivity index (χ1v) is 9.40. The van der Waals surface area contributed by atoms with E-state index in [2.05, 4.69) is 10.2 Å². The van der Waals surface area contributed by atoms with Crippen molar-refractivity contribution in [2.75, 3.05) is 26.7 Å². The quantitative estimate of drug-likeness (QED) is 0.897. The van der Waals surface area contributed by atoms with Crippen molar-refractivity contribution in [1.29, 1.82) is 0 Å². The topological polar surface area (TPSA) is 78.5 Å². The van der Waals surface area contributed by atoms with E-state index in [-0.39, 0.29) is 17.9 Å². The maximum absolute atomic E-state index is 13.0. The van der Waals surface area contributed by atoms with E-state index in [9.17, 15) is 9.59 Å². The number of aromatic nitrogens is 2. The number of para-hydroxylation sites is 1. The molecule has 1 aliphatic rings. The smallest absolute Gasteiger partial charge is 0.410 e. The minimum Gasteiger partial charge on any atom is -0.444 e. The molecule has 1 aliphatic heterocycles. The third kappa shape index (κ3) is 4.59. The maximum atomic E-state index is 13.0. The zero-order chi connectivity index (χ0) is 19.6. The molecule has 1 aromatic heterocycles. The van der Waals surface area contributed by atoms with Crippen LogP contribution in [0.5, 0.6) is 0 Å². The maximum Gasteiger partial charge on any atom is 0.410 e. The number of ether oxygens (including phenoxy) is 1. The first kappa shape index (κ1) is 19.2. The van der Waals surface area contributed by atoms with Gasteiger partial charge in [0.15, 0.2) is 0 Å². The standard InChI is InChI=1S/C20H28N4O3/c1-20(2,3)27-19(26)23(4)12-14-7-6-10-24(13-14)18(25)16-9-5-8-15-11-21-22-17(15)16/h5,8-9,11,14H,6-7,10,12-13H2,1-4H3,(H,21,22). The van der Waals surface area contributed by atoms with Gasteiger partial charge in [0.1, 0.15) is 5.60 Å². The Morgan fingerprint density at radius 1 is 1.37 bits per heavy atom. The minimum absolute atomic E-state index is 0.00877. The van der Waals surface area contributed by atoms with Gasteiger partial charge in [-0.2, -0.15) is 5.10 Å². The van der Waals surface area contributed by atoms with Gasteiger partial charge < -0.3 is 14.5 Å². The van der Waals surface area contributed by atoms with Gasteiger partial charge in [-0.1, -0.05) is 12.1 Å². The van der Waals surface area contributed by atoms with Crippen LogP contribution in [-0.2, 0) is 4.74 Å². The van der Waals surface area contributed by atoms with Gasteiger partial charge >= 0.3 is 6.09 Å². The van der Waals surface area contributed by atoms with E-state index in [4.69, 9.17) is 4.74 Å². The van der Waals surface area contributed by atoms with Gasteiger partial charge in [0.2, 0.25) is 0 Å². The first-order valence-electron chi connectivity index (χ1n) is 9.40. The highest BCUT2D eigenvalue weighted by molar-refractivity contribution is 6.05. The van der Waals surface area contributed by atoms with Gasteiger partial charge in [-0.3, -0.25) is 9.89 Å². The summed E-state index contributed by atoms with van der Waals surface area (Å²) in [6, 6.07) is 5.65. The third-order valence-corrected chi connectivity index (χ3v) is 4.75. The molecule has 0 spiro atoms. The number of hydrogen-bond donors (Lipinski definition) is 1. The number of carbonyl (C=O) groups excluding carboxylic acids is 2. The second-order valence-corrected chi connectivity index (χ2v) is 8.26. The highest BCUT2D eigenvalue weighted by Crippen LogP contribution is 2.23. The van der Waals surface area contributed by atoms with Gasteiger partial charge in [-0.05, 0) is 45.6 Å². The summed E-state index contributed by atoms with van der Waals surface area (Å²) in [5.41, 5.74) is 0.907. The number of rotatable bonds is 3. The molecule has 0 aliphatic carbocycles. The van der Waals surface area contributed by atoms with Crippen LogP contribution < -0.4 is 0 Å². The van der Waals surface area contributed by atoms with Crippen LogP contribution in [0.3, 0.4) is 0 Å². The van der Waals surface area contributed by atoms with Gasteiger partial charge in [-0.15, -0.1) is 0 Å². The van der Waals surface area contributed by atoms with E-state index in [0.29, 0.717) is 18.7 Å². The summed E-state index contributed by atoms with van der Waals surface area (Å²) in [6.45, 7) is 7.51. The zero-order valence-corrected chi connectivity index (χ0v) is 16.5. The number of carbonyl (C=O) groups is 2. The second-order valence-electron chi connectivity index (χ2n) is 8.26. The number of amides is 2. The zero-order valence-electron chi connectivity index (χ0n) is 16.5. The summed E-state index contributed by atoms with van der Waals surface area (Å²) in [5, 5.41) is 7.89. The molecule has 1 N–H and O–H groups in total. The summed E-state index contributed by atoms with van der Waals surface area (Å²) in [5.74, 6) is 0.246. The van der Waals surface area contributed by atoms with Crippen molar-refractivity contribution in [2.45, 2.75) is 39.2 Å². The molecular formula is C20H28N4O3. The minimum atomic E-state index is -0.511. The molecule has 0 bridgehead atoms. The molecule has 1 unspecified atom stereocenters. The van der Waals surface area contributed by atoms with Crippen LogP contribution in [-0.4, -0.2) is 64.3 Å². The normalized spacial score (nSPS) is 17.8. The summed E-state index contributed by atoms with van der Waals surface area (Å²) in [7, 11) is 1.75. The Labute approximate surface area is 159 Å². The van der Waals surface area contributed by atoms with Crippen LogP contribution in [0.15, 0.2) is 24.4 Å². The third-order valence-electron chi connectivity index (χ3n) is 4.75. The van der Waals surface area contributed by atoms with E-state index in [1.54, 1.807) is 18.1 Å². The van der Waals surface area contributed by atoms with Crippen LogP contribution in [0, 0.1) is 5.92 Å². The van der Waals surface area contributed by atoms with Gasteiger partial charge in [0, 0.05) is 32.1 Å². The van der Waals surface area contributed by atoms with E-state index in [1.807, 2.05) is 43.9 Å². The number of nitrogens with zero attached hydrogens (tertiary/aromatic N) is 3. The van der Waals surface area contributed by atoms with Crippen molar-refractivity contribution in [2.24, 2.45) is 5.92 Å². The van der Waals surface area contributed by atoms with E-state index in [1.165, 1.54) is 0 Å². The van der Waals surface area contributed by atoms with Crippen LogP contribution >= 0.6 is 0 Å². The average molecular weight is 372 g/mol. The van der Waals surface area contributed by atoms with E-state index < -0.39 is 5.60 Å². The molecule has 0 radical (unpaired) electrons. The Balaban J connectivity index is 1.65. The number of hydrogen-bond acceptors (Lipinski definition) is 4. The molecule has 2 amide bonds. The fraction of sp³-hybridized carbons (Fsp3) is 0.550. The Morgan fingerprint density at radius 2 is 2.15 bits per heavy atom. The largest absolute Gasteiger partial charge is 0.444 e. The number of aromatic amines is 1. The summed E-state index contributed by atoms with van der Waals surface area (Å²) in [6.07, 6.45) is 3.32. The fourth-order valence-corrected chi connectivity index (χ4v) is 3.52. The Hall–Kier alpha value is -2.57. The number of likely N-dealkylation sites (tertiary alicyclic amines) is 1. The summed E-state index contributed by atoms with van der Waals surface area (Å²) in [4.78, 5) is 28.7. The molecule has 7 nitrogen and oxygen atoms in total. The molecule has 1 atom stereocenters. The molecule has 1 aromatic carbocycles. The summed E-state index contributed by atoms with van der Waals surface area (Å²) < 4.78 is 5.42. The molecule has 2 heterocycles. The van der Waals surface area contributed by atoms with Crippen molar-refractivity contribution >= 4 is 22.9 Å². The second kappa shape index (κ2) is 7.58. The Bertz CT molecular complexity index is 824. The molecule has 27 heavy (non-hydrogen) atoms. The van der Waals surface area contributed by atoms with Gasteiger partial charge in [0.05, 0.1) is 17.3 Å². The SMILES string of the molecule is CN(CC1CCCN(C(=O)c2cccc3cn[nH]c23)C1)C(=O)OC(C)(C)C. The molecule has 2 aromatic rings. The lowest BCUT2D eigenvalue weighted by Gasteiger charge is -2.35. The lowest BCUT2D eigenvalue weighted by atomic mass is 9.96.